The van der Waals surface area contributed by atoms with E-state index in [4.69, 9.17) is 5.73 Å². The fourth-order valence-electron chi connectivity index (χ4n) is 1.88. The van der Waals surface area contributed by atoms with E-state index in [-0.39, 0.29) is 0 Å². The van der Waals surface area contributed by atoms with Gasteiger partial charge >= 0.3 is 6.18 Å². The lowest BCUT2D eigenvalue weighted by molar-refractivity contribution is -0.137. The van der Waals surface area contributed by atoms with Crippen molar-refractivity contribution in [3.05, 3.63) is 41.2 Å². The zero-order chi connectivity index (χ0) is 13.5. The van der Waals surface area contributed by atoms with Crippen molar-refractivity contribution in [3.8, 4) is 0 Å². The predicted octanol–water partition coefficient (Wildman–Crippen LogP) is 2.56. The molecule has 0 fully saturated rings. The molecule has 0 aromatic heterocycles. The first kappa shape index (κ1) is 12.6. The Kier molecular flexibility index (Phi) is 2.88. The number of allylic oxidation sites excluding steroid dienone is 1. The predicted molar refractivity (Wildman–Crippen MR) is 63.4 cm³/mol. The van der Waals surface area contributed by atoms with Crippen LogP contribution in [-0.4, -0.2) is 18.6 Å². The molecule has 0 amide bonds. The van der Waals surface area contributed by atoms with E-state index in [0.717, 1.165) is 17.8 Å². The summed E-state index contributed by atoms with van der Waals surface area (Å²) in [5, 5.41) is 3.46. The second kappa shape index (κ2) is 4.12. The van der Waals surface area contributed by atoms with Crippen molar-refractivity contribution in [2.45, 2.75) is 13.1 Å². The summed E-state index contributed by atoms with van der Waals surface area (Å²) in [7, 11) is 1.77. The van der Waals surface area contributed by atoms with Gasteiger partial charge in [0.05, 0.1) is 29.2 Å². The molecule has 1 aliphatic rings. The Morgan fingerprint density at radius 2 is 1.94 bits per heavy atom. The molecule has 1 heterocycles. The lowest BCUT2D eigenvalue weighted by atomic mass is 10.2. The summed E-state index contributed by atoms with van der Waals surface area (Å²) in [5.74, 6) is 0. The first-order chi connectivity index (χ1) is 8.30. The Balaban J connectivity index is 2.32. The summed E-state index contributed by atoms with van der Waals surface area (Å²) in [6.07, 6.45) is -4.33. The minimum absolute atomic E-state index is 0.406. The Hall–Kier alpha value is -1.85. The largest absolute Gasteiger partial charge is 0.416 e. The van der Waals surface area contributed by atoms with Crippen LogP contribution in [0.15, 0.2) is 35.7 Å². The van der Waals surface area contributed by atoms with Crippen molar-refractivity contribution < 1.29 is 13.2 Å². The maximum absolute atomic E-state index is 12.6. The molecular weight excluding hydrogens is 243 g/mol. The van der Waals surface area contributed by atoms with Crippen molar-refractivity contribution in [3.63, 3.8) is 0 Å². The number of hydrazine groups is 1. The molecule has 1 aliphatic heterocycles. The molecule has 0 spiro atoms. The SMILES string of the molecule is CC1=C(N)CN(c2cccc(C(F)(F)F)c2)N1C. The van der Waals surface area contributed by atoms with Crippen LogP contribution < -0.4 is 10.7 Å². The molecule has 0 radical (unpaired) electrons. The van der Waals surface area contributed by atoms with Crippen molar-refractivity contribution in [1.82, 2.24) is 5.01 Å². The standard InChI is InChI=1S/C12H14F3N3/c1-8-11(16)7-18(17(8)2)10-5-3-4-9(6-10)12(13,14)15/h3-6H,7,16H2,1-2H3. The normalized spacial score (nSPS) is 16.7. The van der Waals surface area contributed by atoms with Crippen molar-refractivity contribution in [2.75, 3.05) is 18.6 Å². The average molecular weight is 257 g/mol. The van der Waals surface area contributed by atoms with E-state index < -0.39 is 11.7 Å². The molecular formula is C12H14F3N3. The van der Waals surface area contributed by atoms with Gasteiger partial charge in [-0.3, -0.25) is 10.0 Å². The summed E-state index contributed by atoms with van der Waals surface area (Å²) in [6.45, 7) is 2.24. The number of hydrogen-bond donors (Lipinski definition) is 1. The summed E-state index contributed by atoms with van der Waals surface area (Å²) in [5.41, 5.74) is 7.13. The fraction of sp³-hybridized carbons (Fsp3) is 0.333. The van der Waals surface area contributed by atoms with Gasteiger partial charge in [0, 0.05) is 7.05 Å². The minimum atomic E-state index is -4.33. The monoisotopic (exact) mass is 257 g/mol. The van der Waals surface area contributed by atoms with Gasteiger partial charge in [-0.2, -0.15) is 13.2 Å². The summed E-state index contributed by atoms with van der Waals surface area (Å²) >= 11 is 0. The maximum atomic E-state index is 12.6. The third kappa shape index (κ3) is 2.10. The summed E-state index contributed by atoms with van der Waals surface area (Å²) in [6, 6.07) is 5.22. The molecule has 0 saturated heterocycles. The number of anilines is 1. The number of halogens is 3. The molecule has 1 aromatic rings. The van der Waals surface area contributed by atoms with Gasteiger partial charge in [-0.25, -0.2) is 0 Å². The fourth-order valence-corrected chi connectivity index (χ4v) is 1.88. The number of nitrogens with two attached hydrogens (primary N) is 1. The molecule has 0 atom stereocenters. The van der Waals surface area contributed by atoms with Crippen LogP contribution in [0.3, 0.4) is 0 Å². The number of nitrogens with zero attached hydrogens (tertiary/aromatic N) is 2. The minimum Gasteiger partial charge on any atom is -0.399 e. The first-order valence-corrected chi connectivity index (χ1v) is 5.44. The van der Waals surface area contributed by atoms with Crippen LogP contribution in [0.5, 0.6) is 0 Å². The van der Waals surface area contributed by atoms with Crippen LogP contribution in [0.1, 0.15) is 12.5 Å². The lowest BCUT2D eigenvalue weighted by Crippen LogP contribution is -2.34. The van der Waals surface area contributed by atoms with Crippen molar-refractivity contribution in [1.29, 1.82) is 0 Å². The lowest BCUT2D eigenvalue weighted by Gasteiger charge is -2.29. The zero-order valence-electron chi connectivity index (χ0n) is 10.1. The van der Waals surface area contributed by atoms with Gasteiger partial charge in [-0.05, 0) is 25.1 Å². The molecule has 1 aromatic carbocycles. The number of alkyl halides is 3. The van der Waals surface area contributed by atoms with Gasteiger partial charge in [-0.1, -0.05) is 6.07 Å². The molecule has 2 rings (SSSR count). The van der Waals surface area contributed by atoms with Crippen LogP contribution in [0, 0.1) is 0 Å². The molecule has 3 nitrogen and oxygen atoms in total. The average Bonchev–Trinajstić information content (AvgIpc) is 2.56. The van der Waals surface area contributed by atoms with E-state index in [9.17, 15) is 13.2 Å². The Morgan fingerprint density at radius 1 is 1.28 bits per heavy atom. The van der Waals surface area contributed by atoms with E-state index in [0.29, 0.717) is 17.9 Å². The second-order valence-electron chi connectivity index (χ2n) is 4.24. The van der Waals surface area contributed by atoms with Gasteiger partial charge in [-0.15, -0.1) is 0 Å². The van der Waals surface area contributed by atoms with Crippen molar-refractivity contribution in [2.24, 2.45) is 5.73 Å². The van der Waals surface area contributed by atoms with Crippen molar-refractivity contribution >= 4 is 5.69 Å². The van der Waals surface area contributed by atoms with Gasteiger partial charge in [0.1, 0.15) is 0 Å². The van der Waals surface area contributed by atoms with E-state index in [1.165, 1.54) is 6.07 Å². The van der Waals surface area contributed by atoms with Crippen LogP contribution in [0.4, 0.5) is 18.9 Å². The highest BCUT2D eigenvalue weighted by atomic mass is 19.4. The number of hydrogen-bond acceptors (Lipinski definition) is 3. The molecule has 0 unspecified atom stereocenters. The third-order valence-electron chi connectivity index (χ3n) is 3.10. The van der Waals surface area contributed by atoms with E-state index in [1.54, 1.807) is 23.1 Å². The highest BCUT2D eigenvalue weighted by Gasteiger charge is 2.32. The smallest absolute Gasteiger partial charge is 0.399 e. The van der Waals surface area contributed by atoms with Crippen LogP contribution in [0.25, 0.3) is 0 Å². The van der Waals surface area contributed by atoms with Crippen LogP contribution in [-0.2, 0) is 6.18 Å². The Morgan fingerprint density at radius 3 is 2.44 bits per heavy atom. The third-order valence-corrected chi connectivity index (χ3v) is 3.10. The molecule has 18 heavy (non-hydrogen) atoms. The summed E-state index contributed by atoms with van der Waals surface area (Å²) in [4.78, 5) is 0. The zero-order valence-corrected chi connectivity index (χ0v) is 10.1. The number of rotatable bonds is 1. The topological polar surface area (TPSA) is 32.5 Å². The van der Waals surface area contributed by atoms with Gasteiger partial charge in [0.25, 0.3) is 0 Å². The Labute approximate surface area is 103 Å². The van der Waals surface area contributed by atoms with Gasteiger partial charge < -0.3 is 5.73 Å². The summed E-state index contributed by atoms with van der Waals surface area (Å²) < 4.78 is 37.9. The molecule has 6 heteroatoms. The highest BCUT2D eigenvalue weighted by molar-refractivity contribution is 5.51. The van der Waals surface area contributed by atoms with Gasteiger partial charge in [0.15, 0.2) is 0 Å². The van der Waals surface area contributed by atoms with Gasteiger partial charge in [0.2, 0.25) is 0 Å². The van der Waals surface area contributed by atoms with Crippen LogP contribution >= 0.6 is 0 Å². The molecule has 0 saturated carbocycles. The molecule has 0 aliphatic carbocycles. The quantitative estimate of drug-likeness (QED) is 0.839. The second-order valence-corrected chi connectivity index (χ2v) is 4.24. The molecule has 0 bridgehead atoms. The molecule has 98 valence electrons. The Bertz CT molecular complexity index is 494. The maximum Gasteiger partial charge on any atom is 0.416 e. The van der Waals surface area contributed by atoms with E-state index in [2.05, 4.69) is 0 Å². The molecule has 2 N–H and O–H groups in total. The van der Waals surface area contributed by atoms with E-state index >= 15 is 0 Å². The first-order valence-electron chi connectivity index (χ1n) is 5.44. The van der Waals surface area contributed by atoms with Crippen LogP contribution in [0.2, 0.25) is 0 Å². The van der Waals surface area contributed by atoms with E-state index in [1.807, 2.05) is 6.92 Å². The highest BCUT2D eigenvalue weighted by Crippen LogP contribution is 2.33. The number of benzene rings is 1.